The van der Waals surface area contributed by atoms with Crippen molar-refractivity contribution in [3.05, 3.63) is 58.7 Å². The van der Waals surface area contributed by atoms with Crippen LogP contribution in [0.3, 0.4) is 0 Å². The number of rotatable bonds is 7. The van der Waals surface area contributed by atoms with E-state index in [1.807, 2.05) is 0 Å². The molecule has 0 bridgehead atoms. The lowest BCUT2D eigenvalue weighted by atomic mass is 9.75. The molecule has 4 rings (SSSR count). The number of alkyl halides is 5. The number of halogens is 5. The summed E-state index contributed by atoms with van der Waals surface area (Å²) in [5, 5.41) is 2.36. The van der Waals surface area contributed by atoms with Gasteiger partial charge in [0.05, 0.1) is 28.0 Å². The molecule has 8 nitrogen and oxygen atoms in total. The normalized spacial score (nSPS) is 20.2. The van der Waals surface area contributed by atoms with E-state index in [-0.39, 0.29) is 16.5 Å². The van der Waals surface area contributed by atoms with E-state index < -0.39 is 89.5 Å². The molecule has 48 heavy (non-hydrogen) atoms. The topological polar surface area (TPSA) is 92.3 Å². The van der Waals surface area contributed by atoms with Crippen molar-refractivity contribution in [2.45, 2.75) is 116 Å². The number of amides is 1. The summed E-state index contributed by atoms with van der Waals surface area (Å²) in [7, 11) is -2.57. The van der Waals surface area contributed by atoms with Crippen molar-refractivity contribution in [2.75, 3.05) is 6.54 Å². The number of ether oxygens (including phenoxy) is 1. The molecule has 2 heterocycles. The van der Waals surface area contributed by atoms with Gasteiger partial charge in [0.15, 0.2) is 0 Å². The van der Waals surface area contributed by atoms with Crippen LogP contribution >= 0.6 is 0 Å². The zero-order chi connectivity index (χ0) is 36.5. The average molecular weight is 681 g/mol. The van der Waals surface area contributed by atoms with Gasteiger partial charge in [0.2, 0.25) is 0 Å². The number of hydrogen-bond acceptors (Lipinski definition) is 7. The maximum atomic E-state index is 16.6. The van der Waals surface area contributed by atoms with Gasteiger partial charge in [-0.05, 0) is 105 Å². The van der Waals surface area contributed by atoms with Gasteiger partial charge < -0.3 is 28.7 Å². The minimum atomic E-state index is -4.98. The van der Waals surface area contributed by atoms with Gasteiger partial charge in [0.1, 0.15) is 12.1 Å². The zero-order valence-electron chi connectivity index (χ0n) is 29.1. The molecule has 0 saturated carbocycles. The maximum absolute atomic E-state index is 16.6. The number of carbonyl (C=O) groups excluding carboxylic acids is 2. The highest BCUT2D eigenvalue weighted by Gasteiger charge is 2.54. The van der Waals surface area contributed by atoms with Gasteiger partial charge in [-0.3, -0.25) is 9.59 Å². The first-order valence-corrected chi connectivity index (χ1v) is 15.5. The number of carbonyl (C=O) groups is 2. The molecule has 2 fully saturated rings. The molecule has 0 unspecified atom stereocenters. The summed E-state index contributed by atoms with van der Waals surface area (Å²) in [6.07, 6.45) is -4.98. The van der Waals surface area contributed by atoms with Gasteiger partial charge in [-0.25, -0.2) is 0 Å². The molecule has 2 aromatic rings. The molecule has 2 saturated heterocycles. The Balaban J connectivity index is 1.82. The van der Waals surface area contributed by atoms with E-state index in [4.69, 9.17) is 23.4 Å². The van der Waals surface area contributed by atoms with Crippen molar-refractivity contribution in [1.82, 2.24) is 5.32 Å². The van der Waals surface area contributed by atoms with Crippen LogP contribution in [0.2, 0.25) is 0 Å². The summed E-state index contributed by atoms with van der Waals surface area (Å²) in [6, 6.07) is 5.14. The monoisotopic (exact) mass is 681 g/mol. The van der Waals surface area contributed by atoms with Crippen molar-refractivity contribution >= 4 is 37.0 Å². The minimum Gasteiger partial charge on any atom is -0.459 e. The summed E-state index contributed by atoms with van der Waals surface area (Å²) in [6.45, 7) is 18.1. The van der Waals surface area contributed by atoms with E-state index in [1.54, 1.807) is 76.2 Å². The Hall–Kier alpha value is -3.00. The summed E-state index contributed by atoms with van der Waals surface area (Å²) < 4.78 is 105. The number of benzene rings is 2. The Morgan fingerprint density at radius 1 is 0.667 bits per heavy atom. The molecule has 2 aliphatic heterocycles. The largest absolute Gasteiger partial charge is 0.494 e. The molecule has 2 aromatic carbocycles. The summed E-state index contributed by atoms with van der Waals surface area (Å²) in [5.41, 5.74) is -8.19. The lowest BCUT2D eigenvalue weighted by Crippen LogP contribution is -2.41. The third kappa shape index (κ3) is 7.74. The van der Waals surface area contributed by atoms with Gasteiger partial charge in [-0.1, -0.05) is 18.2 Å². The highest BCUT2D eigenvalue weighted by Crippen LogP contribution is 2.42. The van der Waals surface area contributed by atoms with Crippen molar-refractivity contribution in [1.29, 1.82) is 0 Å². The Labute approximate surface area is 278 Å². The van der Waals surface area contributed by atoms with Gasteiger partial charge in [-0.2, -0.15) is 22.0 Å². The van der Waals surface area contributed by atoms with Crippen LogP contribution in [0.4, 0.5) is 22.0 Å². The number of esters is 1. The Kier molecular flexibility index (Phi) is 9.53. The highest BCUT2D eigenvalue weighted by molar-refractivity contribution is 6.62. The molecule has 1 N–H and O–H groups in total. The first-order chi connectivity index (χ1) is 21.5. The third-order valence-corrected chi connectivity index (χ3v) is 9.09. The van der Waals surface area contributed by atoms with Crippen LogP contribution in [0.15, 0.2) is 36.4 Å². The Morgan fingerprint density at radius 3 is 1.48 bits per heavy atom. The van der Waals surface area contributed by atoms with E-state index >= 15 is 8.78 Å². The fourth-order valence-electron chi connectivity index (χ4n) is 4.99. The van der Waals surface area contributed by atoms with E-state index in [2.05, 4.69) is 5.32 Å². The van der Waals surface area contributed by atoms with Crippen LogP contribution in [0.5, 0.6) is 0 Å². The molecule has 0 atom stereocenters. The molecule has 0 aromatic heterocycles. The van der Waals surface area contributed by atoms with E-state index in [0.717, 1.165) is 24.3 Å². The van der Waals surface area contributed by atoms with Gasteiger partial charge in [0.25, 0.3) is 11.8 Å². The fraction of sp³-hybridized carbons (Fsp3) is 0.576. The smallest absolute Gasteiger partial charge is 0.459 e. The second kappa shape index (κ2) is 12.1. The number of nitrogens with one attached hydrogen (secondary N) is 1. The van der Waals surface area contributed by atoms with Crippen molar-refractivity contribution in [2.24, 2.45) is 0 Å². The third-order valence-electron chi connectivity index (χ3n) is 9.09. The molecular formula is C33H42B2F5NO7. The second-order valence-corrected chi connectivity index (χ2v) is 15.2. The van der Waals surface area contributed by atoms with Crippen LogP contribution < -0.4 is 16.2 Å². The number of hydrogen-bond donors (Lipinski definition) is 1. The van der Waals surface area contributed by atoms with E-state index in [0.29, 0.717) is 6.07 Å². The lowest BCUT2D eigenvalue weighted by Gasteiger charge is -2.32. The van der Waals surface area contributed by atoms with Crippen LogP contribution in [0.25, 0.3) is 0 Å². The molecule has 1 amide bonds. The van der Waals surface area contributed by atoms with Crippen molar-refractivity contribution in [3.63, 3.8) is 0 Å². The molecule has 15 heteroatoms. The van der Waals surface area contributed by atoms with Crippen LogP contribution in [-0.2, 0) is 40.2 Å². The standard InChI is InChI=1S/C33H42B2F5NO7/c1-27(2,3)44-25(42)18-41-26(43)19-12-20(15-23(13-19)34-45-28(4,5)29(6,7)46-34)32(36,37)21-14-22(33(38,39)40)17-24(16-21)35-47-30(8,9)31(10,11)48-35/h12-17H,18H2,1-11H3,(H,41,43). The molecule has 262 valence electrons. The van der Waals surface area contributed by atoms with Crippen molar-refractivity contribution < 1.29 is 54.9 Å². The zero-order valence-corrected chi connectivity index (χ0v) is 29.1. The lowest BCUT2D eigenvalue weighted by molar-refractivity contribution is -0.153. The quantitative estimate of drug-likeness (QED) is 0.234. The first-order valence-electron chi connectivity index (χ1n) is 15.5. The fourth-order valence-corrected chi connectivity index (χ4v) is 4.99. The molecule has 0 aliphatic carbocycles. The summed E-state index contributed by atoms with van der Waals surface area (Å²) >= 11 is 0. The van der Waals surface area contributed by atoms with Crippen LogP contribution in [0.1, 0.15) is 103 Å². The summed E-state index contributed by atoms with van der Waals surface area (Å²) in [5.74, 6) is -5.75. The van der Waals surface area contributed by atoms with Crippen molar-refractivity contribution in [3.8, 4) is 0 Å². The SMILES string of the molecule is CC(C)(C)OC(=O)CNC(=O)c1cc(B2OC(C)(C)C(C)(C)O2)cc(C(F)(F)c2cc(B3OC(C)(C)C(C)(C)O3)cc(C(F)(F)F)c2)c1. The van der Waals surface area contributed by atoms with Crippen LogP contribution in [0, 0.1) is 0 Å². The van der Waals surface area contributed by atoms with Gasteiger partial charge >= 0.3 is 26.4 Å². The molecule has 0 radical (unpaired) electrons. The molecular weight excluding hydrogens is 639 g/mol. The van der Waals surface area contributed by atoms with Crippen LogP contribution in [-0.4, -0.2) is 60.7 Å². The van der Waals surface area contributed by atoms with Gasteiger partial charge in [0, 0.05) is 16.7 Å². The minimum absolute atomic E-state index is 0.0198. The van der Waals surface area contributed by atoms with E-state index in [9.17, 15) is 22.8 Å². The second-order valence-electron chi connectivity index (χ2n) is 15.2. The molecule has 2 aliphatic rings. The average Bonchev–Trinajstić information content (AvgIpc) is 3.29. The predicted octanol–water partition coefficient (Wildman–Crippen LogP) is 5.52. The predicted molar refractivity (Wildman–Crippen MR) is 170 cm³/mol. The van der Waals surface area contributed by atoms with Gasteiger partial charge in [-0.15, -0.1) is 0 Å². The Bertz CT molecular complexity index is 1550. The van der Waals surface area contributed by atoms with E-state index in [1.165, 1.54) is 6.07 Å². The maximum Gasteiger partial charge on any atom is 0.494 e. The molecule has 0 spiro atoms. The Morgan fingerprint density at radius 2 is 1.06 bits per heavy atom. The highest BCUT2D eigenvalue weighted by atomic mass is 19.4. The summed E-state index contributed by atoms with van der Waals surface area (Å²) in [4.78, 5) is 25.5. The first kappa shape index (κ1) is 37.8.